The highest BCUT2D eigenvalue weighted by molar-refractivity contribution is 6.11. The zero-order chi connectivity index (χ0) is 16.0. The summed E-state index contributed by atoms with van der Waals surface area (Å²) < 4.78 is 5.11. The van der Waals surface area contributed by atoms with E-state index in [1.807, 2.05) is 25.1 Å². The number of pyridine rings is 1. The second-order valence-corrected chi connectivity index (χ2v) is 5.40. The van der Waals surface area contributed by atoms with E-state index < -0.39 is 0 Å². The fourth-order valence-electron chi connectivity index (χ4n) is 2.69. The molecule has 0 bridgehead atoms. The molecule has 0 saturated carbocycles. The molecule has 2 N–H and O–H groups in total. The van der Waals surface area contributed by atoms with Crippen molar-refractivity contribution in [1.82, 2.24) is 20.2 Å². The third-order valence-electron chi connectivity index (χ3n) is 3.95. The van der Waals surface area contributed by atoms with Crippen LogP contribution in [0.2, 0.25) is 0 Å². The van der Waals surface area contributed by atoms with Crippen LogP contribution in [-0.2, 0) is 0 Å². The summed E-state index contributed by atoms with van der Waals surface area (Å²) in [5.74, 6) is 0.452. The first kappa shape index (κ1) is 13.5. The van der Waals surface area contributed by atoms with Crippen LogP contribution < -0.4 is 4.74 Å². The maximum atomic E-state index is 12.7. The van der Waals surface area contributed by atoms with Gasteiger partial charge >= 0.3 is 0 Å². The Balaban J connectivity index is 1.78. The predicted octanol–water partition coefficient (Wildman–Crippen LogP) is 2.99. The number of ketones is 1. The first-order valence-electron chi connectivity index (χ1n) is 7.18. The molecule has 0 spiro atoms. The van der Waals surface area contributed by atoms with E-state index >= 15 is 0 Å². The second kappa shape index (κ2) is 4.95. The van der Waals surface area contributed by atoms with Crippen molar-refractivity contribution < 1.29 is 9.53 Å². The molecular weight excluding hydrogens is 292 g/mol. The van der Waals surface area contributed by atoms with Gasteiger partial charge in [0, 0.05) is 22.4 Å². The highest BCUT2D eigenvalue weighted by atomic mass is 16.5. The van der Waals surface area contributed by atoms with Crippen LogP contribution in [-0.4, -0.2) is 33.1 Å². The number of hydrogen-bond acceptors (Lipinski definition) is 4. The number of aromatic nitrogens is 4. The molecule has 3 aromatic heterocycles. The first-order chi connectivity index (χ1) is 11.2. The van der Waals surface area contributed by atoms with Crippen LogP contribution in [0.3, 0.4) is 0 Å². The number of fused-ring (bicyclic) bond motifs is 2. The van der Waals surface area contributed by atoms with Gasteiger partial charge in [-0.2, -0.15) is 5.10 Å². The molecule has 4 aromatic rings. The summed E-state index contributed by atoms with van der Waals surface area (Å²) in [4.78, 5) is 20.0. The SMILES string of the molecule is COc1cc2cc(C(=O)c3ccc4[nH]nc(C)c4c3)[nH]c2cn1. The molecule has 0 radical (unpaired) electrons. The Morgan fingerprint density at radius 3 is 2.87 bits per heavy atom. The Hall–Kier alpha value is -3.15. The van der Waals surface area contributed by atoms with Crippen LogP contribution in [0.25, 0.3) is 21.8 Å². The Bertz CT molecular complexity index is 1050. The number of aryl methyl sites for hydroxylation is 1. The standard InChI is InChI=1S/C17H14N4O2/c1-9-12-5-10(3-4-13(12)21-20-9)17(22)14-6-11-7-16(23-2)18-8-15(11)19-14/h3-8,19H,1-2H3,(H,20,21). The van der Waals surface area contributed by atoms with Crippen LogP contribution in [0, 0.1) is 6.92 Å². The van der Waals surface area contributed by atoms with Crippen LogP contribution in [0.15, 0.2) is 36.5 Å². The third kappa shape index (κ3) is 2.15. The van der Waals surface area contributed by atoms with Crippen molar-refractivity contribution >= 4 is 27.6 Å². The Morgan fingerprint density at radius 2 is 2.04 bits per heavy atom. The van der Waals surface area contributed by atoms with Gasteiger partial charge in [0.1, 0.15) is 0 Å². The van der Waals surface area contributed by atoms with Crippen molar-refractivity contribution in [2.75, 3.05) is 7.11 Å². The summed E-state index contributed by atoms with van der Waals surface area (Å²) in [7, 11) is 1.56. The van der Waals surface area contributed by atoms with Gasteiger partial charge in [0.25, 0.3) is 0 Å². The number of hydrogen-bond donors (Lipinski definition) is 2. The summed E-state index contributed by atoms with van der Waals surface area (Å²) in [5.41, 5.74) is 3.74. The van der Waals surface area contributed by atoms with Crippen molar-refractivity contribution in [1.29, 1.82) is 0 Å². The van der Waals surface area contributed by atoms with Crippen LogP contribution >= 0.6 is 0 Å². The lowest BCUT2D eigenvalue weighted by Gasteiger charge is -1.99. The second-order valence-electron chi connectivity index (χ2n) is 5.40. The van der Waals surface area contributed by atoms with Gasteiger partial charge in [-0.05, 0) is 31.2 Å². The molecule has 0 aliphatic heterocycles. The van der Waals surface area contributed by atoms with E-state index in [4.69, 9.17) is 4.74 Å². The normalized spacial score (nSPS) is 11.2. The molecule has 0 saturated heterocycles. The third-order valence-corrected chi connectivity index (χ3v) is 3.95. The van der Waals surface area contributed by atoms with Crippen molar-refractivity contribution in [3.63, 3.8) is 0 Å². The summed E-state index contributed by atoms with van der Waals surface area (Å²) in [6, 6.07) is 9.14. The van der Waals surface area contributed by atoms with Crippen molar-refractivity contribution in [3.8, 4) is 5.88 Å². The zero-order valence-electron chi connectivity index (χ0n) is 12.7. The van der Waals surface area contributed by atoms with Gasteiger partial charge in [0.05, 0.1) is 35.7 Å². The average molecular weight is 306 g/mol. The van der Waals surface area contributed by atoms with Gasteiger partial charge in [0.15, 0.2) is 0 Å². The summed E-state index contributed by atoms with van der Waals surface area (Å²) in [6.07, 6.45) is 1.66. The molecule has 0 atom stereocenters. The number of carbonyl (C=O) groups is 1. The van der Waals surface area contributed by atoms with Crippen LogP contribution in [0.4, 0.5) is 0 Å². The summed E-state index contributed by atoms with van der Waals surface area (Å²) >= 11 is 0. The fraction of sp³-hybridized carbons (Fsp3) is 0.118. The highest BCUT2D eigenvalue weighted by Gasteiger charge is 2.14. The van der Waals surface area contributed by atoms with E-state index in [1.165, 1.54) is 0 Å². The summed E-state index contributed by atoms with van der Waals surface area (Å²) in [5, 5.41) is 8.94. The number of H-pyrrole nitrogens is 2. The Morgan fingerprint density at radius 1 is 1.17 bits per heavy atom. The van der Waals surface area contributed by atoms with Crippen molar-refractivity contribution in [2.24, 2.45) is 0 Å². The number of rotatable bonds is 3. The average Bonchev–Trinajstić information content (AvgIpc) is 3.17. The highest BCUT2D eigenvalue weighted by Crippen LogP contribution is 2.22. The first-order valence-corrected chi connectivity index (χ1v) is 7.18. The van der Waals surface area contributed by atoms with E-state index in [9.17, 15) is 4.79 Å². The fourth-order valence-corrected chi connectivity index (χ4v) is 2.69. The zero-order valence-corrected chi connectivity index (χ0v) is 12.7. The molecule has 114 valence electrons. The van der Waals surface area contributed by atoms with E-state index in [0.717, 1.165) is 27.5 Å². The van der Waals surface area contributed by atoms with Gasteiger partial charge < -0.3 is 9.72 Å². The summed E-state index contributed by atoms with van der Waals surface area (Å²) in [6.45, 7) is 1.91. The molecule has 23 heavy (non-hydrogen) atoms. The van der Waals surface area contributed by atoms with E-state index in [-0.39, 0.29) is 5.78 Å². The van der Waals surface area contributed by atoms with E-state index in [1.54, 1.807) is 25.4 Å². The molecular formula is C17H14N4O2. The quantitative estimate of drug-likeness (QED) is 0.570. The maximum Gasteiger partial charge on any atom is 0.213 e. The van der Waals surface area contributed by atoms with Gasteiger partial charge in [-0.25, -0.2) is 4.98 Å². The largest absolute Gasteiger partial charge is 0.481 e. The number of ether oxygens (including phenoxy) is 1. The van der Waals surface area contributed by atoms with E-state index in [0.29, 0.717) is 17.1 Å². The molecule has 0 fully saturated rings. The lowest BCUT2D eigenvalue weighted by Crippen LogP contribution is -2.01. The van der Waals surface area contributed by atoms with Gasteiger partial charge in [-0.15, -0.1) is 0 Å². The molecule has 0 aliphatic rings. The van der Waals surface area contributed by atoms with Crippen LogP contribution in [0.5, 0.6) is 5.88 Å². The molecule has 3 heterocycles. The topological polar surface area (TPSA) is 83.7 Å². The van der Waals surface area contributed by atoms with Gasteiger partial charge in [-0.1, -0.05) is 0 Å². The minimum atomic E-state index is -0.0670. The monoisotopic (exact) mass is 306 g/mol. The number of methoxy groups -OCH3 is 1. The Labute approximate surface area is 131 Å². The predicted molar refractivity (Wildman–Crippen MR) is 86.9 cm³/mol. The molecule has 1 aromatic carbocycles. The number of nitrogens with zero attached hydrogens (tertiary/aromatic N) is 2. The molecule has 0 aliphatic carbocycles. The minimum Gasteiger partial charge on any atom is -0.481 e. The Kier molecular flexibility index (Phi) is 2.90. The number of nitrogens with one attached hydrogen (secondary N) is 2. The minimum absolute atomic E-state index is 0.0670. The lowest BCUT2D eigenvalue weighted by molar-refractivity contribution is 0.103. The smallest absolute Gasteiger partial charge is 0.213 e. The van der Waals surface area contributed by atoms with E-state index in [2.05, 4.69) is 20.2 Å². The molecule has 6 heteroatoms. The number of carbonyl (C=O) groups excluding carboxylic acids is 1. The lowest BCUT2D eigenvalue weighted by atomic mass is 10.1. The number of benzene rings is 1. The maximum absolute atomic E-state index is 12.7. The van der Waals surface area contributed by atoms with Crippen molar-refractivity contribution in [3.05, 3.63) is 53.5 Å². The van der Waals surface area contributed by atoms with Crippen molar-refractivity contribution in [2.45, 2.75) is 6.92 Å². The molecule has 0 unspecified atom stereocenters. The molecule has 4 rings (SSSR count). The van der Waals surface area contributed by atoms with Gasteiger partial charge in [-0.3, -0.25) is 9.89 Å². The van der Waals surface area contributed by atoms with Crippen LogP contribution in [0.1, 0.15) is 21.7 Å². The number of aromatic amines is 2. The molecule has 6 nitrogen and oxygen atoms in total. The van der Waals surface area contributed by atoms with Gasteiger partial charge in [0.2, 0.25) is 11.7 Å². The molecule has 0 amide bonds.